The van der Waals surface area contributed by atoms with Crippen molar-refractivity contribution in [3.8, 4) is 17.6 Å². The fourth-order valence-corrected chi connectivity index (χ4v) is 2.90. The summed E-state index contributed by atoms with van der Waals surface area (Å²) in [6.45, 7) is 1.79. The van der Waals surface area contributed by atoms with Gasteiger partial charge in [-0.05, 0) is 54.5 Å². The molecule has 0 bridgehead atoms. The van der Waals surface area contributed by atoms with Crippen molar-refractivity contribution in [2.24, 2.45) is 0 Å². The van der Waals surface area contributed by atoms with Crippen molar-refractivity contribution in [2.45, 2.75) is 13.0 Å². The molecule has 8 heteroatoms. The van der Waals surface area contributed by atoms with E-state index in [2.05, 4.69) is 5.32 Å². The Hall–Kier alpha value is -4.51. The van der Waals surface area contributed by atoms with Crippen molar-refractivity contribution in [1.29, 1.82) is 5.26 Å². The van der Waals surface area contributed by atoms with Crippen LogP contribution in [0, 0.1) is 27.3 Å². The van der Waals surface area contributed by atoms with E-state index in [1.54, 1.807) is 6.92 Å². The van der Waals surface area contributed by atoms with Gasteiger partial charge in [0.05, 0.1) is 11.0 Å². The Morgan fingerprint density at radius 2 is 1.84 bits per heavy atom. The molecule has 0 unspecified atom stereocenters. The summed E-state index contributed by atoms with van der Waals surface area (Å²) in [5.74, 6) is -0.890. The Bertz CT molecular complexity index is 1200. The van der Waals surface area contributed by atoms with Gasteiger partial charge in [0.15, 0.2) is 0 Å². The zero-order valence-corrected chi connectivity index (χ0v) is 17.0. The van der Waals surface area contributed by atoms with Crippen LogP contribution in [0.3, 0.4) is 0 Å². The van der Waals surface area contributed by atoms with Crippen molar-refractivity contribution in [2.75, 3.05) is 0 Å². The minimum Gasteiger partial charge on any atom is -0.450 e. The number of nitriles is 1. The number of carbonyl (C=O) groups is 1. The third-order valence-electron chi connectivity index (χ3n) is 4.54. The first kappa shape index (κ1) is 22.2. The second kappa shape index (κ2) is 10.00. The van der Waals surface area contributed by atoms with E-state index in [-0.39, 0.29) is 34.4 Å². The largest absolute Gasteiger partial charge is 0.450 e. The van der Waals surface area contributed by atoms with Gasteiger partial charge in [0.1, 0.15) is 23.2 Å². The molecule has 0 aliphatic carbocycles. The quantitative estimate of drug-likeness (QED) is 0.236. The monoisotopic (exact) mass is 431 g/mol. The zero-order chi connectivity index (χ0) is 23.1. The molecule has 3 aromatic rings. The molecule has 1 amide bonds. The molecular formula is C24H18FN3O4. The number of nitrogens with zero attached hydrogens (tertiary/aromatic N) is 2. The maximum absolute atomic E-state index is 13.1. The van der Waals surface area contributed by atoms with Crippen LogP contribution in [0.25, 0.3) is 6.08 Å². The fraction of sp³-hybridized carbons (Fsp3) is 0.0833. The van der Waals surface area contributed by atoms with Crippen LogP contribution >= 0.6 is 0 Å². The second-order valence-corrected chi connectivity index (χ2v) is 6.82. The number of benzene rings is 3. The topological polar surface area (TPSA) is 105 Å². The third-order valence-corrected chi connectivity index (χ3v) is 4.54. The number of rotatable bonds is 7. The van der Waals surface area contributed by atoms with Crippen molar-refractivity contribution in [1.82, 2.24) is 5.32 Å². The normalized spacial score (nSPS) is 11.8. The Balaban J connectivity index is 1.83. The number of carbonyl (C=O) groups excluding carboxylic acids is 1. The van der Waals surface area contributed by atoms with E-state index in [1.807, 2.05) is 36.4 Å². The molecule has 0 heterocycles. The summed E-state index contributed by atoms with van der Waals surface area (Å²) in [6, 6.07) is 19.8. The molecule has 1 N–H and O–H groups in total. The average Bonchev–Trinajstić information content (AvgIpc) is 2.80. The van der Waals surface area contributed by atoms with Gasteiger partial charge in [0.2, 0.25) is 5.75 Å². The molecule has 1 atom stereocenters. The summed E-state index contributed by atoms with van der Waals surface area (Å²) >= 11 is 0. The zero-order valence-electron chi connectivity index (χ0n) is 17.0. The summed E-state index contributed by atoms with van der Waals surface area (Å²) < 4.78 is 18.5. The minimum absolute atomic E-state index is 0.0561. The summed E-state index contributed by atoms with van der Waals surface area (Å²) in [5.41, 5.74) is 0.589. The van der Waals surface area contributed by atoms with Crippen molar-refractivity contribution in [3.63, 3.8) is 0 Å². The summed E-state index contributed by atoms with van der Waals surface area (Å²) in [4.78, 5) is 23.4. The number of nitro groups is 1. The third kappa shape index (κ3) is 5.55. The molecule has 0 spiro atoms. The smallest absolute Gasteiger partial charge is 0.312 e. The van der Waals surface area contributed by atoms with Crippen LogP contribution in [0.2, 0.25) is 0 Å². The molecule has 0 saturated heterocycles. The highest BCUT2D eigenvalue weighted by atomic mass is 19.1. The van der Waals surface area contributed by atoms with E-state index < -0.39 is 16.6 Å². The maximum Gasteiger partial charge on any atom is 0.312 e. The van der Waals surface area contributed by atoms with Crippen LogP contribution in [-0.4, -0.2) is 10.8 Å². The molecule has 0 radical (unpaired) electrons. The molecule has 0 aliphatic heterocycles. The number of hydrogen-bond acceptors (Lipinski definition) is 5. The molecule has 3 rings (SSSR count). The molecule has 0 aromatic heterocycles. The number of halogens is 1. The van der Waals surface area contributed by atoms with Crippen LogP contribution in [0.15, 0.2) is 78.4 Å². The van der Waals surface area contributed by atoms with Gasteiger partial charge < -0.3 is 10.1 Å². The SMILES string of the molecule is C[C@H](NC(=O)/C(C#N)=C/c1ccc(Oc2ccc(F)cc2)c([N+](=O)[O-])c1)c1ccccc1. The van der Waals surface area contributed by atoms with E-state index in [9.17, 15) is 24.6 Å². The Labute approximate surface area is 183 Å². The van der Waals surface area contributed by atoms with Gasteiger partial charge in [0, 0.05) is 6.07 Å². The van der Waals surface area contributed by atoms with E-state index in [0.717, 1.165) is 5.56 Å². The lowest BCUT2D eigenvalue weighted by Gasteiger charge is -2.13. The number of ether oxygens (including phenoxy) is 1. The van der Waals surface area contributed by atoms with Gasteiger partial charge in [-0.2, -0.15) is 5.26 Å². The van der Waals surface area contributed by atoms with Gasteiger partial charge in [-0.15, -0.1) is 0 Å². The lowest BCUT2D eigenvalue weighted by Crippen LogP contribution is -2.27. The van der Waals surface area contributed by atoms with Gasteiger partial charge in [0.25, 0.3) is 5.91 Å². The Kier molecular flexibility index (Phi) is 6.93. The number of amides is 1. The van der Waals surface area contributed by atoms with Crippen LogP contribution in [0.4, 0.5) is 10.1 Å². The van der Waals surface area contributed by atoms with E-state index in [4.69, 9.17) is 4.74 Å². The predicted octanol–water partition coefficient (Wildman–Crippen LogP) is 5.31. The lowest BCUT2D eigenvalue weighted by atomic mass is 10.1. The molecular weight excluding hydrogens is 413 g/mol. The summed E-state index contributed by atoms with van der Waals surface area (Å²) in [5, 5.41) is 23.7. The minimum atomic E-state index is -0.639. The maximum atomic E-state index is 13.1. The number of nitrogens with one attached hydrogen (secondary N) is 1. The number of nitro benzene ring substituents is 1. The summed E-state index contributed by atoms with van der Waals surface area (Å²) in [7, 11) is 0. The molecule has 7 nitrogen and oxygen atoms in total. The molecule has 160 valence electrons. The van der Waals surface area contributed by atoms with Crippen molar-refractivity contribution in [3.05, 3.63) is 105 Å². The van der Waals surface area contributed by atoms with Crippen molar-refractivity contribution < 1.29 is 18.8 Å². The molecule has 32 heavy (non-hydrogen) atoms. The molecule has 0 saturated carbocycles. The molecule has 3 aromatic carbocycles. The first-order chi connectivity index (χ1) is 15.4. The van der Waals surface area contributed by atoms with Gasteiger partial charge in [-0.3, -0.25) is 14.9 Å². The van der Waals surface area contributed by atoms with Gasteiger partial charge in [-0.25, -0.2) is 4.39 Å². The predicted molar refractivity (Wildman–Crippen MR) is 116 cm³/mol. The molecule has 0 fully saturated rings. The number of hydrogen-bond donors (Lipinski definition) is 1. The fourth-order valence-electron chi connectivity index (χ4n) is 2.90. The van der Waals surface area contributed by atoms with Crippen LogP contribution in [0.1, 0.15) is 24.1 Å². The Morgan fingerprint density at radius 3 is 2.47 bits per heavy atom. The van der Waals surface area contributed by atoms with Gasteiger partial charge >= 0.3 is 5.69 Å². The van der Waals surface area contributed by atoms with Gasteiger partial charge in [-0.1, -0.05) is 36.4 Å². The van der Waals surface area contributed by atoms with Crippen LogP contribution < -0.4 is 10.1 Å². The Morgan fingerprint density at radius 1 is 1.16 bits per heavy atom. The van der Waals surface area contributed by atoms with E-state index in [0.29, 0.717) is 0 Å². The van der Waals surface area contributed by atoms with E-state index in [1.165, 1.54) is 48.5 Å². The average molecular weight is 431 g/mol. The van der Waals surface area contributed by atoms with E-state index >= 15 is 0 Å². The van der Waals surface area contributed by atoms with Crippen LogP contribution in [-0.2, 0) is 4.79 Å². The highest BCUT2D eigenvalue weighted by Gasteiger charge is 2.18. The summed E-state index contributed by atoms with van der Waals surface area (Å²) in [6.07, 6.45) is 1.27. The first-order valence-electron chi connectivity index (χ1n) is 9.57. The van der Waals surface area contributed by atoms with Crippen LogP contribution in [0.5, 0.6) is 11.5 Å². The highest BCUT2D eigenvalue weighted by Crippen LogP contribution is 2.33. The first-order valence-corrected chi connectivity index (χ1v) is 9.57. The second-order valence-electron chi connectivity index (χ2n) is 6.82. The standard InChI is InChI=1S/C24H18FN3O4/c1-16(18-5-3-2-4-6-18)27-24(29)19(15-26)13-17-7-12-23(22(14-17)28(30)31)32-21-10-8-20(25)9-11-21/h2-14,16H,1H3,(H,27,29)/b19-13+/t16-/m0/s1. The molecule has 0 aliphatic rings. The van der Waals surface area contributed by atoms with Crippen molar-refractivity contribution >= 4 is 17.7 Å². The highest BCUT2D eigenvalue weighted by molar-refractivity contribution is 6.02. The lowest BCUT2D eigenvalue weighted by molar-refractivity contribution is -0.385.